The van der Waals surface area contributed by atoms with Crippen LogP contribution in [-0.4, -0.2) is 17.8 Å². The van der Waals surface area contributed by atoms with Crippen molar-refractivity contribution >= 4 is 9.39 Å². The van der Waals surface area contributed by atoms with Gasteiger partial charge in [-0.3, -0.25) is 4.67 Å². The van der Waals surface area contributed by atoms with E-state index in [0.29, 0.717) is 0 Å². The van der Waals surface area contributed by atoms with Crippen LogP contribution >= 0.6 is 9.39 Å². The Morgan fingerprint density at radius 3 is 1.23 bits per heavy atom. The lowest BCUT2D eigenvalue weighted by molar-refractivity contribution is 0.413. The maximum absolute atomic E-state index is 2.87. The predicted octanol–water partition coefficient (Wildman–Crippen LogP) is 3.60. The Morgan fingerprint density at radius 2 is 0.846 bits per heavy atom. The Hall–Kier alpha value is 0.390. The third kappa shape index (κ3) is 6.46. The zero-order valence-corrected chi connectivity index (χ0v) is 9.96. The van der Waals surface area contributed by atoms with Crippen molar-refractivity contribution in [1.82, 2.24) is 4.67 Å². The second-order valence-corrected chi connectivity index (χ2v) is 4.95. The molecule has 1 saturated heterocycles. The summed E-state index contributed by atoms with van der Waals surface area (Å²) in [7, 11) is 2.87. The Morgan fingerprint density at radius 1 is 0.538 bits per heavy atom. The standard InChI is InChI=1S/C11H24NP/c13-12-10-8-6-4-2-1-3-5-7-9-11-12/h1-11,13H2. The predicted molar refractivity (Wildman–Crippen MR) is 62.8 cm³/mol. The molecule has 0 saturated carbocycles. The summed E-state index contributed by atoms with van der Waals surface area (Å²) in [5.74, 6) is 0. The molecule has 1 fully saturated rings. The van der Waals surface area contributed by atoms with Crippen molar-refractivity contribution < 1.29 is 0 Å². The summed E-state index contributed by atoms with van der Waals surface area (Å²) in [6, 6.07) is 0. The topological polar surface area (TPSA) is 3.24 Å². The van der Waals surface area contributed by atoms with Gasteiger partial charge in [0.15, 0.2) is 0 Å². The van der Waals surface area contributed by atoms with Gasteiger partial charge in [0.05, 0.1) is 0 Å². The van der Waals surface area contributed by atoms with Crippen LogP contribution in [0, 0.1) is 0 Å². The summed E-state index contributed by atoms with van der Waals surface area (Å²) in [5.41, 5.74) is 0. The fourth-order valence-corrected chi connectivity index (χ4v) is 2.34. The number of rotatable bonds is 0. The maximum atomic E-state index is 2.87. The highest BCUT2D eigenvalue weighted by atomic mass is 31.0. The molecule has 0 N–H and O–H groups in total. The van der Waals surface area contributed by atoms with Crippen molar-refractivity contribution in [3.05, 3.63) is 0 Å². The molecule has 0 aromatic carbocycles. The van der Waals surface area contributed by atoms with Crippen LogP contribution in [0.2, 0.25) is 0 Å². The summed E-state index contributed by atoms with van der Waals surface area (Å²) in [6.45, 7) is 2.56. The van der Waals surface area contributed by atoms with Gasteiger partial charge < -0.3 is 0 Å². The minimum Gasteiger partial charge on any atom is -0.287 e. The van der Waals surface area contributed by atoms with E-state index in [2.05, 4.69) is 14.1 Å². The molecule has 1 heterocycles. The van der Waals surface area contributed by atoms with E-state index in [1.807, 2.05) is 0 Å². The van der Waals surface area contributed by atoms with E-state index in [9.17, 15) is 0 Å². The van der Waals surface area contributed by atoms with Gasteiger partial charge in [0.25, 0.3) is 0 Å². The summed E-state index contributed by atoms with van der Waals surface area (Å²) < 4.78 is 2.42. The smallest absolute Gasteiger partial charge is 0.00161 e. The van der Waals surface area contributed by atoms with Gasteiger partial charge >= 0.3 is 0 Å². The van der Waals surface area contributed by atoms with Gasteiger partial charge in [-0.2, -0.15) is 0 Å². The lowest BCUT2D eigenvalue weighted by Crippen LogP contribution is -2.14. The molecule has 0 aromatic rings. The summed E-state index contributed by atoms with van der Waals surface area (Å²) >= 11 is 0. The molecule has 1 unspecified atom stereocenters. The van der Waals surface area contributed by atoms with Gasteiger partial charge in [-0.25, -0.2) is 0 Å². The molecule has 1 rings (SSSR count). The van der Waals surface area contributed by atoms with Crippen LogP contribution in [0.1, 0.15) is 57.8 Å². The highest BCUT2D eigenvalue weighted by Gasteiger charge is 2.00. The van der Waals surface area contributed by atoms with Crippen molar-refractivity contribution in [2.75, 3.05) is 13.1 Å². The molecule has 0 amide bonds. The van der Waals surface area contributed by atoms with Gasteiger partial charge in [-0.05, 0) is 12.8 Å². The molecule has 0 aromatic heterocycles. The summed E-state index contributed by atoms with van der Waals surface area (Å²) in [4.78, 5) is 0. The lowest BCUT2D eigenvalue weighted by Gasteiger charge is -2.16. The van der Waals surface area contributed by atoms with Crippen LogP contribution in [0.5, 0.6) is 0 Å². The van der Waals surface area contributed by atoms with Crippen molar-refractivity contribution in [1.29, 1.82) is 0 Å². The van der Waals surface area contributed by atoms with E-state index in [0.717, 1.165) is 0 Å². The molecule has 0 aliphatic carbocycles. The second kappa shape index (κ2) is 7.76. The van der Waals surface area contributed by atoms with Crippen LogP contribution < -0.4 is 0 Å². The van der Waals surface area contributed by atoms with Gasteiger partial charge in [-0.1, -0.05) is 54.3 Å². The van der Waals surface area contributed by atoms with Gasteiger partial charge in [0.2, 0.25) is 0 Å². The highest BCUT2D eigenvalue weighted by molar-refractivity contribution is 7.13. The molecule has 0 spiro atoms. The maximum Gasteiger partial charge on any atom is 0.00161 e. The zero-order chi connectivity index (χ0) is 9.36. The van der Waals surface area contributed by atoms with Crippen LogP contribution in [0.4, 0.5) is 0 Å². The van der Waals surface area contributed by atoms with E-state index in [1.54, 1.807) is 0 Å². The first-order valence-corrected chi connectivity index (χ1v) is 6.41. The largest absolute Gasteiger partial charge is 0.287 e. The average molecular weight is 201 g/mol. The Labute approximate surface area is 85.5 Å². The van der Waals surface area contributed by atoms with Crippen LogP contribution in [-0.2, 0) is 0 Å². The molecule has 2 heteroatoms. The Balaban J connectivity index is 2.11. The highest BCUT2D eigenvalue weighted by Crippen LogP contribution is 2.13. The normalized spacial score (nSPS) is 24.7. The summed E-state index contributed by atoms with van der Waals surface area (Å²) in [6.07, 6.45) is 13.0. The molecular formula is C11H24NP. The molecule has 0 bridgehead atoms. The van der Waals surface area contributed by atoms with Crippen LogP contribution in [0.25, 0.3) is 0 Å². The average Bonchev–Trinajstić information content (AvgIpc) is 2.11. The van der Waals surface area contributed by atoms with Gasteiger partial charge in [0.1, 0.15) is 0 Å². The fourth-order valence-electron chi connectivity index (χ4n) is 1.98. The second-order valence-electron chi connectivity index (χ2n) is 4.22. The molecule has 1 aliphatic rings. The van der Waals surface area contributed by atoms with Crippen molar-refractivity contribution in [3.8, 4) is 0 Å². The van der Waals surface area contributed by atoms with E-state index in [4.69, 9.17) is 0 Å². The van der Waals surface area contributed by atoms with Crippen LogP contribution in [0.3, 0.4) is 0 Å². The third-order valence-electron chi connectivity index (χ3n) is 2.89. The SMILES string of the molecule is PN1CCCCCCCCCCC1. The van der Waals surface area contributed by atoms with Gasteiger partial charge in [0, 0.05) is 13.1 Å². The summed E-state index contributed by atoms with van der Waals surface area (Å²) in [5, 5.41) is 0. The van der Waals surface area contributed by atoms with E-state index in [-0.39, 0.29) is 0 Å². The molecule has 78 valence electrons. The van der Waals surface area contributed by atoms with Crippen LogP contribution in [0.15, 0.2) is 0 Å². The fraction of sp³-hybridized carbons (Fsp3) is 1.00. The quantitative estimate of drug-likeness (QED) is 0.541. The number of nitrogens with zero attached hydrogens (tertiary/aromatic N) is 1. The lowest BCUT2D eigenvalue weighted by atomic mass is 10.1. The first-order valence-electron chi connectivity index (χ1n) is 5.89. The monoisotopic (exact) mass is 201 g/mol. The molecule has 1 aliphatic heterocycles. The molecular weight excluding hydrogens is 177 g/mol. The third-order valence-corrected chi connectivity index (χ3v) is 3.41. The zero-order valence-electron chi connectivity index (χ0n) is 8.80. The first-order chi connectivity index (χ1) is 6.39. The number of hydrogen-bond donors (Lipinski definition) is 0. The van der Waals surface area contributed by atoms with Crippen molar-refractivity contribution in [2.45, 2.75) is 57.8 Å². The van der Waals surface area contributed by atoms with E-state index < -0.39 is 0 Å². The molecule has 1 atom stereocenters. The molecule has 0 radical (unpaired) electrons. The minimum absolute atomic E-state index is 1.28. The van der Waals surface area contributed by atoms with Crippen molar-refractivity contribution in [2.24, 2.45) is 0 Å². The first kappa shape index (κ1) is 11.5. The minimum atomic E-state index is 1.28. The molecule has 13 heavy (non-hydrogen) atoms. The van der Waals surface area contributed by atoms with E-state index in [1.165, 1.54) is 70.9 Å². The Kier molecular flexibility index (Phi) is 6.85. The van der Waals surface area contributed by atoms with E-state index >= 15 is 0 Å². The van der Waals surface area contributed by atoms with Crippen molar-refractivity contribution in [3.63, 3.8) is 0 Å². The Bertz CT molecular complexity index is 105. The number of hydrogen-bond acceptors (Lipinski definition) is 1. The van der Waals surface area contributed by atoms with Gasteiger partial charge in [-0.15, -0.1) is 0 Å². The molecule has 1 nitrogen and oxygen atoms in total.